The summed E-state index contributed by atoms with van der Waals surface area (Å²) >= 11 is 1.26. The molecule has 0 bridgehead atoms. The maximum absolute atomic E-state index is 15.6. The average molecular weight is 500 g/mol. The van der Waals surface area contributed by atoms with Gasteiger partial charge in [0.05, 0.1) is 24.3 Å². The lowest BCUT2D eigenvalue weighted by Crippen LogP contribution is -2.30. The van der Waals surface area contributed by atoms with E-state index in [0.717, 1.165) is 4.53 Å². The Balaban J connectivity index is 2.00. The Morgan fingerprint density at radius 2 is 2.20 bits per heavy atom. The summed E-state index contributed by atoms with van der Waals surface area (Å²) in [4.78, 5) is 10.7. The third kappa shape index (κ3) is 4.92. The second kappa shape index (κ2) is 10.1. The minimum absolute atomic E-state index is 0.200. The van der Waals surface area contributed by atoms with Crippen molar-refractivity contribution >= 4 is 45.2 Å². The second-order valence-electron chi connectivity index (χ2n) is 8.36. The summed E-state index contributed by atoms with van der Waals surface area (Å²) in [5.74, 6) is 0.105. The maximum atomic E-state index is 15.6. The molecule has 1 fully saturated rings. The molecule has 1 saturated heterocycles. The number of nitriles is 1. The van der Waals surface area contributed by atoms with E-state index in [-0.39, 0.29) is 23.1 Å². The Morgan fingerprint density at radius 1 is 1.43 bits per heavy atom. The summed E-state index contributed by atoms with van der Waals surface area (Å²) in [6, 6.07) is 3.21. The van der Waals surface area contributed by atoms with E-state index in [2.05, 4.69) is 16.0 Å². The van der Waals surface area contributed by atoms with Gasteiger partial charge >= 0.3 is 12.5 Å². The number of thiophene rings is 1. The van der Waals surface area contributed by atoms with Gasteiger partial charge in [-0.05, 0) is 37.5 Å². The molecule has 11 heteroatoms. The molecule has 4 rings (SSSR count). The first kappa shape index (κ1) is 24.8. The number of fused-ring (bicyclic) bond motifs is 1. The molecule has 2 aromatic heterocycles. The Hall–Kier alpha value is -3.30. The van der Waals surface area contributed by atoms with Crippen LogP contribution in [0.15, 0.2) is 6.07 Å². The normalized spacial score (nSPS) is 17.8. The van der Waals surface area contributed by atoms with Gasteiger partial charge in [-0.2, -0.15) is 15.2 Å². The highest BCUT2D eigenvalue weighted by atomic mass is 32.1. The fourth-order valence-corrected chi connectivity index (χ4v) is 5.09. The molecule has 0 aliphatic carbocycles. The van der Waals surface area contributed by atoms with Crippen molar-refractivity contribution in [2.45, 2.75) is 27.2 Å². The van der Waals surface area contributed by atoms with E-state index in [1.54, 1.807) is 13.0 Å². The van der Waals surface area contributed by atoms with Crippen LogP contribution in [-0.2, 0) is 4.74 Å². The average Bonchev–Trinajstić information content (AvgIpc) is 2.95. The predicted molar refractivity (Wildman–Crippen MR) is 132 cm³/mol. The number of anilines is 2. The molecule has 184 valence electrons. The van der Waals surface area contributed by atoms with Crippen molar-refractivity contribution in [3.8, 4) is 12.1 Å². The monoisotopic (exact) mass is 499 g/mol. The summed E-state index contributed by atoms with van der Waals surface area (Å²) in [6.45, 7) is 5.63. The third-order valence-electron chi connectivity index (χ3n) is 5.81. The summed E-state index contributed by atoms with van der Waals surface area (Å²) in [5, 5.41) is 29.7. The number of hydrogen-bond donors (Lipinski definition) is 3. The second-order valence-corrected chi connectivity index (χ2v) is 9.44. The van der Waals surface area contributed by atoms with Crippen LogP contribution in [0, 0.1) is 30.0 Å². The van der Waals surface area contributed by atoms with E-state index in [9.17, 15) is 15.5 Å². The molecule has 0 saturated carbocycles. The quantitative estimate of drug-likeness (QED) is 0.454. The van der Waals surface area contributed by atoms with E-state index in [4.69, 9.17) is 15.2 Å². The van der Waals surface area contributed by atoms with Gasteiger partial charge in [0.2, 0.25) is 0 Å². The van der Waals surface area contributed by atoms with E-state index in [1.807, 2.05) is 24.8 Å². The van der Waals surface area contributed by atoms with Gasteiger partial charge < -0.3 is 30.3 Å². The number of hydrogen-bond acceptors (Lipinski definition) is 10. The molecule has 0 radical (unpaired) electrons. The zero-order valence-corrected chi connectivity index (χ0v) is 20.4. The number of nitrogen functional groups attached to an aromatic ring is 1. The van der Waals surface area contributed by atoms with Crippen LogP contribution in [-0.4, -0.2) is 53.0 Å². The number of aliphatic hydroxyl groups excluding tert-OH is 1. The molecule has 1 unspecified atom stereocenters. The van der Waals surface area contributed by atoms with Gasteiger partial charge in [-0.3, -0.25) is 0 Å². The number of aryl methyl sites for hydroxylation is 1. The van der Waals surface area contributed by atoms with Crippen molar-refractivity contribution in [1.82, 2.24) is 9.97 Å². The lowest BCUT2D eigenvalue weighted by Gasteiger charge is -2.25. The number of aromatic nitrogens is 2. The van der Waals surface area contributed by atoms with Crippen LogP contribution < -0.4 is 25.1 Å². The molecule has 9 nitrogen and oxygen atoms in total. The lowest BCUT2D eigenvalue weighted by molar-refractivity contribution is -0.183. The van der Waals surface area contributed by atoms with Gasteiger partial charge in [-0.25, -0.2) is 4.39 Å². The van der Waals surface area contributed by atoms with Crippen molar-refractivity contribution in [2.75, 3.05) is 36.9 Å². The fourth-order valence-electron chi connectivity index (χ4n) is 4.20. The van der Waals surface area contributed by atoms with Crippen LogP contribution >= 0.6 is 11.3 Å². The van der Waals surface area contributed by atoms with E-state index < -0.39 is 12.3 Å². The predicted octanol–water partition coefficient (Wildman–Crippen LogP) is 1.34. The van der Waals surface area contributed by atoms with Crippen molar-refractivity contribution in [3.05, 3.63) is 38.3 Å². The van der Waals surface area contributed by atoms with Crippen molar-refractivity contribution < 1.29 is 24.1 Å². The van der Waals surface area contributed by atoms with Crippen molar-refractivity contribution in [1.29, 1.82) is 5.26 Å². The summed E-state index contributed by atoms with van der Waals surface area (Å²) in [7, 11) is 0. The van der Waals surface area contributed by atoms with Crippen molar-refractivity contribution in [3.63, 3.8) is 0 Å². The number of halogens is 1. The van der Waals surface area contributed by atoms with E-state index >= 15 is 4.39 Å². The minimum atomic E-state index is -2.12. The minimum Gasteiger partial charge on any atom is -0.408 e. The Morgan fingerprint density at radius 3 is 2.89 bits per heavy atom. The number of nitrogens with two attached hydrogens (primary N) is 1. The summed E-state index contributed by atoms with van der Waals surface area (Å²) in [5.41, 5.74) is 7.40. The molecule has 1 aliphatic heterocycles. The van der Waals surface area contributed by atoms with Gasteiger partial charge in [0.25, 0.3) is 0 Å². The summed E-state index contributed by atoms with van der Waals surface area (Å²) in [6.07, 6.45) is 3.41. The first-order valence-corrected chi connectivity index (χ1v) is 11.9. The maximum Gasteiger partial charge on any atom is 0.323 e. The zero-order valence-electron chi connectivity index (χ0n) is 19.6. The number of aliphatic hydroxyl groups is 2. The van der Waals surface area contributed by atoms with Gasteiger partial charge in [0.15, 0.2) is 0 Å². The van der Waals surface area contributed by atoms with Crippen LogP contribution in [0.3, 0.4) is 0 Å². The van der Waals surface area contributed by atoms with Gasteiger partial charge in [-0.1, -0.05) is 13.0 Å². The number of rotatable bonds is 4. The molecule has 3 heterocycles. The Kier molecular flexibility index (Phi) is 7.18. The van der Waals surface area contributed by atoms with Crippen LogP contribution in [0.2, 0.25) is 0 Å². The highest BCUT2D eigenvalue weighted by Gasteiger charge is 2.23. The number of ether oxygens (including phenoxy) is 2. The molecule has 1 atom stereocenters. The van der Waals surface area contributed by atoms with Crippen LogP contribution in [0.1, 0.15) is 30.5 Å². The Labute approximate surface area is 205 Å². The van der Waals surface area contributed by atoms with Gasteiger partial charge in [0, 0.05) is 33.8 Å². The largest absolute Gasteiger partial charge is 0.408 e. The standard InChI is InChI=1S/C24H26FN5O4S/c1-4-19-15(17(9-26)21(27)35-19)7-14-13(3)20-16(8-18(14)25)22(29-23(28-20)34-24(31)32)30-5-6-33-11-12(2)10-30/h4,7-8,12,24,31-32H,5-6,10-11,27H2,1-3H3/b15-7+,19-4-. The first-order valence-electron chi connectivity index (χ1n) is 11.1. The molecule has 3 aromatic rings. The number of benzene rings is 1. The molecular weight excluding hydrogens is 473 g/mol. The molecule has 35 heavy (non-hydrogen) atoms. The molecule has 0 spiro atoms. The SMILES string of the molecule is C/C=c1\sc(N)c(C#N)\c1=C/c1c(F)cc2c(N3CCOCC(C)C3)nc(OC(O)O)nc2c1C. The molecule has 1 aliphatic rings. The third-order valence-corrected chi connectivity index (χ3v) is 6.91. The van der Waals surface area contributed by atoms with Crippen LogP contribution in [0.25, 0.3) is 23.1 Å². The van der Waals surface area contributed by atoms with E-state index in [0.29, 0.717) is 58.8 Å². The van der Waals surface area contributed by atoms with Crippen LogP contribution in [0.5, 0.6) is 6.01 Å². The highest BCUT2D eigenvalue weighted by Crippen LogP contribution is 2.33. The zero-order chi connectivity index (χ0) is 25.3. The van der Waals surface area contributed by atoms with Crippen LogP contribution in [0.4, 0.5) is 15.2 Å². The van der Waals surface area contributed by atoms with E-state index in [1.165, 1.54) is 17.4 Å². The molecular formula is C24H26FN5O4S. The lowest BCUT2D eigenvalue weighted by atomic mass is 10.0. The fraction of sp³-hybridized carbons (Fsp3) is 0.375. The first-order chi connectivity index (χ1) is 16.7. The highest BCUT2D eigenvalue weighted by molar-refractivity contribution is 7.14. The molecule has 0 amide bonds. The van der Waals surface area contributed by atoms with Gasteiger partial charge in [0.1, 0.15) is 22.7 Å². The smallest absolute Gasteiger partial charge is 0.323 e. The van der Waals surface area contributed by atoms with Gasteiger partial charge in [-0.15, -0.1) is 11.3 Å². The summed E-state index contributed by atoms with van der Waals surface area (Å²) < 4.78 is 27.0. The van der Waals surface area contributed by atoms with Crippen molar-refractivity contribution in [2.24, 2.45) is 5.92 Å². The molecule has 4 N–H and O–H groups in total. The Bertz CT molecular complexity index is 1430. The molecule has 1 aromatic carbocycles. The topological polar surface area (TPSA) is 138 Å². The number of nitrogens with zero attached hydrogens (tertiary/aromatic N) is 4.